The highest BCUT2D eigenvalue weighted by Crippen LogP contribution is 2.37. The van der Waals surface area contributed by atoms with Gasteiger partial charge in [-0.2, -0.15) is 0 Å². The quantitative estimate of drug-likeness (QED) is 0.630. The van der Waals surface area contributed by atoms with Crippen molar-refractivity contribution >= 4 is 23.0 Å². The molecule has 2 aliphatic rings. The summed E-state index contributed by atoms with van der Waals surface area (Å²) in [6.07, 6.45) is 8.07. The molecular formula is C25H27N3O3. The van der Waals surface area contributed by atoms with E-state index in [4.69, 9.17) is 9.84 Å². The first-order chi connectivity index (χ1) is 15.2. The number of aryl methyl sites for hydroxylation is 2. The molecule has 0 saturated carbocycles. The molecule has 0 saturated heterocycles. The van der Waals surface area contributed by atoms with Crippen molar-refractivity contribution in [3.8, 4) is 5.75 Å². The molecule has 0 radical (unpaired) electrons. The molecule has 31 heavy (non-hydrogen) atoms. The SMILES string of the molecule is CNc1cnccc1C(=O)O.c1ccc2c(c1)OCCN2c1ccc2c(c1)CCCC2. The Morgan fingerprint density at radius 2 is 1.90 bits per heavy atom. The van der Waals surface area contributed by atoms with Gasteiger partial charge < -0.3 is 20.1 Å². The van der Waals surface area contributed by atoms with Crippen LogP contribution >= 0.6 is 0 Å². The third-order valence-electron chi connectivity index (χ3n) is 5.69. The summed E-state index contributed by atoms with van der Waals surface area (Å²) in [5, 5.41) is 11.4. The second-order valence-corrected chi connectivity index (χ2v) is 7.60. The number of para-hydroxylation sites is 2. The standard InChI is InChI=1S/C18H19NO.C7H8N2O2/c1-2-6-15-13-16(10-9-14(15)5-1)19-11-12-20-18-8-4-3-7-17(18)19;1-8-6-4-9-3-2-5(6)7(10)11/h3-4,7-10,13H,1-2,5-6,11-12H2;2-4,8H,1H3,(H,10,11). The summed E-state index contributed by atoms with van der Waals surface area (Å²) in [7, 11) is 1.66. The van der Waals surface area contributed by atoms with Crippen LogP contribution in [0.3, 0.4) is 0 Å². The molecule has 0 amide bonds. The van der Waals surface area contributed by atoms with Crippen LogP contribution in [0.4, 0.5) is 17.1 Å². The van der Waals surface area contributed by atoms with Gasteiger partial charge in [0.25, 0.3) is 0 Å². The van der Waals surface area contributed by atoms with Crippen LogP contribution < -0.4 is 15.0 Å². The normalized spacial score (nSPS) is 14.3. The smallest absolute Gasteiger partial charge is 0.337 e. The van der Waals surface area contributed by atoms with Gasteiger partial charge in [0, 0.05) is 18.9 Å². The average molecular weight is 418 g/mol. The average Bonchev–Trinajstić information content (AvgIpc) is 2.83. The minimum absolute atomic E-state index is 0.238. The Hall–Kier alpha value is -3.54. The van der Waals surface area contributed by atoms with Crippen molar-refractivity contribution in [2.45, 2.75) is 25.7 Å². The van der Waals surface area contributed by atoms with E-state index in [2.05, 4.69) is 51.6 Å². The van der Waals surface area contributed by atoms with Gasteiger partial charge in [-0.3, -0.25) is 4.98 Å². The van der Waals surface area contributed by atoms with Gasteiger partial charge in [0.1, 0.15) is 12.4 Å². The lowest BCUT2D eigenvalue weighted by molar-refractivity contribution is 0.0698. The van der Waals surface area contributed by atoms with Gasteiger partial charge in [0.15, 0.2) is 0 Å². The maximum Gasteiger partial charge on any atom is 0.337 e. The van der Waals surface area contributed by atoms with E-state index in [-0.39, 0.29) is 5.56 Å². The lowest BCUT2D eigenvalue weighted by Gasteiger charge is -2.32. The largest absolute Gasteiger partial charge is 0.490 e. The minimum atomic E-state index is -0.947. The number of benzene rings is 2. The Bertz CT molecular complexity index is 1070. The highest BCUT2D eigenvalue weighted by atomic mass is 16.5. The Morgan fingerprint density at radius 1 is 1.10 bits per heavy atom. The summed E-state index contributed by atoms with van der Waals surface area (Å²) < 4.78 is 5.75. The number of hydrogen-bond donors (Lipinski definition) is 2. The molecule has 1 aliphatic heterocycles. The number of nitrogens with one attached hydrogen (secondary N) is 1. The van der Waals surface area contributed by atoms with Crippen molar-refractivity contribution in [3.63, 3.8) is 0 Å². The third-order valence-corrected chi connectivity index (χ3v) is 5.69. The predicted molar refractivity (Wildman–Crippen MR) is 123 cm³/mol. The molecule has 1 aromatic heterocycles. The molecule has 2 N–H and O–H groups in total. The number of aromatic carboxylic acids is 1. The lowest BCUT2D eigenvalue weighted by atomic mass is 9.91. The molecule has 0 fully saturated rings. The highest BCUT2D eigenvalue weighted by Gasteiger charge is 2.20. The number of pyridine rings is 1. The maximum atomic E-state index is 10.5. The number of carboxylic acid groups (broad SMARTS) is 1. The fraction of sp³-hybridized carbons (Fsp3) is 0.280. The first-order valence-corrected chi connectivity index (χ1v) is 10.6. The summed E-state index contributed by atoms with van der Waals surface area (Å²) in [6, 6.07) is 16.8. The van der Waals surface area contributed by atoms with E-state index in [1.165, 1.54) is 61.1 Å². The number of rotatable bonds is 3. The van der Waals surface area contributed by atoms with Crippen LogP contribution in [0.5, 0.6) is 5.75 Å². The molecule has 160 valence electrons. The predicted octanol–water partition coefficient (Wildman–Crippen LogP) is 4.92. The molecule has 1 aliphatic carbocycles. The molecule has 0 unspecified atom stereocenters. The van der Waals surface area contributed by atoms with Crippen molar-refractivity contribution in [2.24, 2.45) is 0 Å². The number of ether oxygens (including phenoxy) is 1. The van der Waals surface area contributed by atoms with Crippen LogP contribution in [0.25, 0.3) is 0 Å². The van der Waals surface area contributed by atoms with E-state index in [1.807, 2.05) is 6.07 Å². The lowest BCUT2D eigenvalue weighted by Crippen LogP contribution is -2.28. The molecule has 0 spiro atoms. The van der Waals surface area contributed by atoms with E-state index >= 15 is 0 Å². The van der Waals surface area contributed by atoms with Gasteiger partial charge in [-0.05, 0) is 67.1 Å². The van der Waals surface area contributed by atoms with Gasteiger partial charge in [-0.25, -0.2) is 4.79 Å². The molecule has 5 rings (SSSR count). The molecule has 0 atom stereocenters. The molecule has 3 aromatic rings. The zero-order chi connectivity index (χ0) is 21.6. The van der Waals surface area contributed by atoms with Gasteiger partial charge in [-0.1, -0.05) is 18.2 Å². The first kappa shape index (κ1) is 20.7. The van der Waals surface area contributed by atoms with Crippen LogP contribution in [0.1, 0.15) is 34.3 Å². The van der Waals surface area contributed by atoms with Crippen LogP contribution in [0.2, 0.25) is 0 Å². The maximum absolute atomic E-state index is 10.5. The van der Waals surface area contributed by atoms with Gasteiger partial charge >= 0.3 is 5.97 Å². The van der Waals surface area contributed by atoms with E-state index in [1.54, 1.807) is 12.6 Å². The Balaban J connectivity index is 0.000000180. The number of carboxylic acids is 1. The van der Waals surface area contributed by atoms with E-state index in [9.17, 15) is 4.79 Å². The second kappa shape index (κ2) is 9.51. The highest BCUT2D eigenvalue weighted by molar-refractivity contribution is 5.93. The Kier molecular flexibility index (Phi) is 6.36. The molecule has 6 nitrogen and oxygen atoms in total. The topological polar surface area (TPSA) is 74.7 Å². The second-order valence-electron chi connectivity index (χ2n) is 7.60. The first-order valence-electron chi connectivity index (χ1n) is 10.6. The summed E-state index contributed by atoms with van der Waals surface area (Å²) in [4.78, 5) is 16.7. The molecule has 6 heteroatoms. The monoisotopic (exact) mass is 417 g/mol. The van der Waals surface area contributed by atoms with Crippen molar-refractivity contribution in [2.75, 3.05) is 30.4 Å². The number of nitrogens with zero attached hydrogens (tertiary/aromatic N) is 2. The summed E-state index contributed by atoms with van der Waals surface area (Å²) >= 11 is 0. The number of aromatic nitrogens is 1. The van der Waals surface area contributed by atoms with Crippen LogP contribution in [-0.2, 0) is 12.8 Å². The minimum Gasteiger partial charge on any atom is -0.490 e. The number of fused-ring (bicyclic) bond motifs is 2. The zero-order valence-corrected chi connectivity index (χ0v) is 17.7. The van der Waals surface area contributed by atoms with E-state index < -0.39 is 5.97 Å². The van der Waals surface area contributed by atoms with Gasteiger partial charge in [0.2, 0.25) is 0 Å². The molecule has 2 aromatic carbocycles. The number of anilines is 3. The Labute approximate surface area is 182 Å². The zero-order valence-electron chi connectivity index (χ0n) is 17.7. The van der Waals surface area contributed by atoms with Crippen LogP contribution in [-0.4, -0.2) is 36.3 Å². The van der Waals surface area contributed by atoms with Crippen molar-refractivity contribution in [3.05, 3.63) is 77.6 Å². The van der Waals surface area contributed by atoms with Gasteiger partial charge in [0.05, 0.1) is 29.7 Å². The third kappa shape index (κ3) is 4.63. The summed E-state index contributed by atoms with van der Waals surface area (Å²) in [5.41, 5.74) is 6.35. The van der Waals surface area contributed by atoms with Crippen LogP contribution in [0.15, 0.2) is 60.9 Å². The van der Waals surface area contributed by atoms with Crippen molar-refractivity contribution in [1.29, 1.82) is 0 Å². The Morgan fingerprint density at radius 3 is 2.68 bits per heavy atom. The fourth-order valence-electron chi connectivity index (χ4n) is 4.11. The fourth-order valence-corrected chi connectivity index (χ4v) is 4.11. The molecular weight excluding hydrogens is 390 g/mol. The number of hydrogen-bond acceptors (Lipinski definition) is 5. The summed E-state index contributed by atoms with van der Waals surface area (Å²) in [5.74, 6) is 0.0493. The van der Waals surface area contributed by atoms with Crippen molar-refractivity contribution < 1.29 is 14.6 Å². The van der Waals surface area contributed by atoms with Crippen LogP contribution in [0, 0.1) is 0 Å². The molecule has 2 heterocycles. The number of carbonyl (C=O) groups is 1. The van der Waals surface area contributed by atoms with Crippen molar-refractivity contribution in [1.82, 2.24) is 4.98 Å². The van der Waals surface area contributed by atoms with E-state index in [0.29, 0.717) is 5.69 Å². The van der Waals surface area contributed by atoms with E-state index in [0.717, 1.165) is 18.9 Å². The molecule has 0 bridgehead atoms. The van der Waals surface area contributed by atoms with Gasteiger partial charge in [-0.15, -0.1) is 0 Å². The summed E-state index contributed by atoms with van der Waals surface area (Å²) in [6.45, 7) is 1.68.